The molecule has 0 aliphatic heterocycles. The number of hydrogen-bond acceptors (Lipinski definition) is 4. The minimum atomic E-state index is -0.484. The number of thiol groups is 2. The Labute approximate surface area is 74.4 Å². The molecule has 0 saturated heterocycles. The third kappa shape index (κ3) is 1.87. The van der Waals surface area contributed by atoms with Gasteiger partial charge in [0.2, 0.25) is 0 Å². The van der Waals surface area contributed by atoms with Crippen LogP contribution in [0.25, 0.3) is 0 Å². The largest absolute Gasteiger partial charge is 0.283 e. The van der Waals surface area contributed by atoms with Crippen molar-refractivity contribution in [3.05, 3.63) is 28.3 Å². The molecule has 0 saturated carbocycles. The number of nitro groups is 1. The fraction of sp³-hybridized carbons (Fsp3) is 0. The summed E-state index contributed by atoms with van der Waals surface area (Å²) in [4.78, 5) is 10.7. The standard InChI is InChI=1S/C6H5NO2S2/c8-7(9)5-3-4(10)1-2-6(5)11/h1-3,10-11H. The SMILES string of the molecule is O=[N+]([O-])c1cc(S)ccc1S. The van der Waals surface area contributed by atoms with Crippen LogP contribution in [0, 0.1) is 10.1 Å². The lowest BCUT2D eigenvalue weighted by Crippen LogP contribution is -1.88. The van der Waals surface area contributed by atoms with Gasteiger partial charge in [-0.3, -0.25) is 10.1 Å². The first-order chi connectivity index (χ1) is 5.11. The summed E-state index contributed by atoms with van der Waals surface area (Å²) in [6, 6.07) is 4.56. The maximum atomic E-state index is 10.3. The van der Waals surface area contributed by atoms with Gasteiger partial charge in [-0.05, 0) is 12.1 Å². The van der Waals surface area contributed by atoms with Crippen LogP contribution in [-0.2, 0) is 0 Å². The lowest BCUT2D eigenvalue weighted by atomic mass is 10.3. The molecule has 3 nitrogen and oxygen atoms in total. The molecule has 0 N–H and O–H groups in total. The maximum Gasteiger partial charge on any atom is 0.283 e. The van der Waals surface area contributed by atoms with E-state index in [2.05, 4.69) is 25.3 Å². The van der Waals surface area contributed by atoms with Gasteiger partial charge in [-0.1, -0.05) is 0 Å². The van der Waals surface area contributed by atoms with Crippen LogP contribution in [0.5, 0.6) is 0 Å². The Balaban J connectivity index is 3.23. The van der Waals surface area contributed by atoms with Crippen molar-refractivity contribution in [2.45, 2.75) is 9.79 Å². The van der Waals surface area contributed by atoms with Crippen molar-refractivity contribution in [3.63, 3.8) is 0 Å². The Morgan fingerprint density at radius 1 is 1.36 bits per heavy atom. The summed E-state index contributed by atoms with van der Waals surface area (Å²) in [5.74, 6) is 0. The highest BCUT2D eigenvalue weighted by molar-refractivity contribution is 7.80. The molecule has 0 fully saturated rings. The van der Waals surface area contributed by atoms with E-state index in [-0.39, 0.29) is 5.69 Å². The van der Waals surface area contributed by atoms with Crippen LogP contribution in [0.4, 0.5) is 5.69 Å². The van der Waals surface area contributed by atoms with Gasteiger partial charge < -0.3 is 0 Å². The van der Waals surface area contributed by atoms with Gasteiger partial charge in [0.15, 0.2) is 0 Å². The Bertz CT molecular complexity index is 301. The van der Waals surface area contributed by atoms with Gasteiger partial charge >= 0.3 is 0 Å². The molecule has 1 rings (SSSR count). The van der Waals surface area contributed by atoms with Crippen molar-refractivity contribution in [2.24, 2.45) is 0 Å². The molecule has 1 aromatic carbocycles. The van der Waals surface area contributed by atoms with Gasteiger partial charge in [-0.15, -0.1) is 25.3 Å². The van der Waals surface area contributed by atoms with Crippen LogP contribution < -0.4 is 0 Å². The summed E-state index contributed by atoms with van der Waals surface area (Å²) in [6.45, 7) is 0. The highest BCUT2D eigenvalue weighted by Crippen LogP contribution is 2.24. The van der Waals surface area contributed by atoms with Gasteiger partial charge in [-0.2, -0.15) is 0 Å². The molecule has 0 aliphatic carbocycles. The zero-order valence-corrected chi connectivity index (χ0v) is 7.18. The van der Waals surface area contributed by atoms with Gasteiger partial charge in [-0.25, -0.2) is 0 Å². The molecule has 0 amide bonds. The van der Waals surface area contributed by atoms with E-state index in [9.17, 15) is 10.1 Å². The second-order valence-electron chi connectivity index (χ2n) is 1.93. The average Bonchev–Trinajstić information content (AvgIpc) is 1.94. The highest BCUT2D eigenvalue weighted by atomic mass is 32.1. The van der Waals surface area contributed by atoms with E-state index in [1.54, 1.807) is 12.1 Å². The third-order valence-corrected chi connectivity index (χ3v) is 1.81. The van der Waals surface area contributed by atoms with Crippen LogP contribution in [0.15, 0.2) is 28.0 Å². The number of nitrogens with zero attached hydrogens (tertiary/aromatic N) is 1. The fourth-order valence-electron chi connectivity index (χ4n) is 0.658. The molecule has 0 unspecified atom stereocenters. The van der Waals surface area contributed by atoms with Crippen LogP contribution in [0.1, 0.15) is 0 Å². The van der Waals surface area contributed by atoms with Gasteiger partial charge in [0.05, 0.1) is 9.82 Å². The molecule has 0 heterocycles. The molecular weight excluding hydrogens is 182 g/mol. The highest BCUT2D eigenvalue weighted by Gasteiger charge is 2.09. The smallest absolute Gasteiger partial charge is 0.258 e. The predicted octanol–water partition coefficient (Wildman–Crippen LogP) is 2.17. The Morgan fingerprint density at radius 3 is 2.45 bits per heavy atom. The van der Waals surface area contributed by atoms with Gasteiger partial charge in [0.25, 0.3) is 5.69 Å². The molecular formula is C6H5NO2S2. The average molecular weight is 187 g/mol. The van der Waals surface area contributed by atoms with Crippen LogP contribution in [0.2, 0.25) is 0 Å². The monoisotopic (exact) mass is 187 g/mol. The lowest BCUT2D eigenvalue weighted by molar-refractivity contribution is -0.387. The maximum absolute atomic E-state index is 10.3. The van der Waals surface area contributed by atoms with Crippen molar-refractivity contribution < 1.29 is 4.92 Å². The molecule has 0 aliphatic rings. The molecule has 0 spiro atoms. The van der Waals surface area contributed by atoms with E-state index < -0.39 is 4.92 Å². The summed E-state index contributed by atoms with van der Waals surface area (Å²) in [5, 5.41) is 10.3. The quantitative estimate of drug-likeness (QED) is 0.402. The van der Waals surface area contributed by atoms with Crippen LogP contribution >= 0.6 is 25.3 Å². The minimum Gasteiger partial charge on any atom is -0.258 e. The van der Waals surface area contributed by atoms with Crippen molar-refractivity contribution >= 4 is 30.9 Å². The van der Waals surface area contributed by atoms with E-state index in [1.807, 2.05) is 0 Å². The molecule has 5 heteroatoms. The second kappa shape index (κ2) is 3.15. The fourth-order valence-corrected chi connectivity index (χ4v) is 1.08. The molecule has 0 radical (unpaired) electrons. The van der Waals surface area contributed by atoms with Crippen molar-refractivity contribution in [1.82, 2.24) is 0 Å². The second-order valence-corrected chi connectivity index (χ2v) is 2.93. The first kappa shape index (κ1) is 8.42. The molecule has 1 aromatic rings. The summed E-state index contributed by atoms with van der Waals surface area (Å²) in [6.07, 6.45) is 0. The number of nitro benzene ring substituents is 1. The zero-order chi connectivity index (χ0) is 8.43. The molecule has 0 bridgehead atoms. The van der Waals surface area contributed by atoms with E-state index in [0.29, 0.717) is 9.79 Å². The topological polar surface area (TPSA) is 43.1 Å². The Kier molecular flexibility index (Phi) is 2.41. The summed E-state index contributed by atoms with van der Waals surface area (Å²) < 4.78 is 0. The minimum absolute atomic E-state index is 0.0131. The van der Waals surface area contributed by atoms with E-state index in [1.165, 1.54) is 6.07 Å². The Morgan fingerprint density at radius 2 is 2.00 bits per heavy atom. The summed E-state index contributed by atoms with van der Waals surface area (Å²) in [5.41, 5.74) is -0.0131. The van der Waals surface area contributed by atoms with E-state index >= 15 is 0 Å². The normalized spacial score (nSPS) is 9.64. The molecule has 0 atom stereocenters. The van der Waals surface area contributed by atoms with Crippen LogP contribution in [0.3, 0.4) is 0 Å². The summed E-state index contributed by atoms with van der Waals surface area (Å²) in [7, 11) is 0. The third-order valence-electron chi connectivity index (χ3n) is 1.16. The number of rotatable bonds is 1. The van der Waals surface area contributed by atoms with Crippen LogP contribution in [-0.4, -0.2) is 4.92 Å². The Hall–Kier alpha value is -0.680. The van der Waals surface area contributed by atoms with E-state index in [4.69, 9.17) is 0 Å². The van der Waals surface area contributed by atoms with Gasteiger partial charge in [0, 0.05) is 11.0 Å². The predicted molar refractivity (Wildman–Crippen MR) is 47.6 cm³/mol. The molecule has 0 aromatic heterocycles. The van der Waals surface area contributed by atoms with Crippen molar-refractivity contribution in [2.75, 3.05) is 0 Å². The number of hydrogen-bond donors (Lipinski definition) is 2. The number of benzene rings is 1. The van der Waals surface area contributed by atoms with E-state index in [0.717, 1.165) is 0 Å². The zero-order valence-electron chi connectivity index (χ0n) is 5.39. The van der Waals surface area contributed by atoms with Crippen molar-refractivity contribution in [1.29, 1.82) is 0 Å². The van der Waals surface area contributed by atoms with Crippen molar-refractivity contribution in [3.8, 4) is 0 Å². The molecule has 11 heavy (non-hydrogen) atoms. The van der Waals surface area contributed by atoms with Gasteiger partial charge in [0.1, 0.15) is 0 Å². The first-order valence-corrected chi connectivity index (χ1v) is 3.67. The molecule has 58 valence electrons. The first-order valence-electron chi connectivity index (χ1n) is 2.77. The lowest BCUT2D eigenvalue weighted by Gasteiger charge is -1.95. The summed E-state index contributed by atoms with van der Waals surface area (Å²) >= 11 is 7.87.